The summed E-state index contributed by atoms with van der Waals surface area (Å²) in [6.07, 6.45) is 5.86. The van der Waals surface area contributed by atoms with Crippen molar-refractivity contribution in [3.8, 4) is 18.1 Å². The second-order valence-corrected chi connectivity index (χ2v) is 4.73. The van der Waals surface area contributed by atoms with Crippen LogP contribution in [0.2, 0.25) is 0 Å². The lowest BCUT2D eigenvalue weighted by Gasteiger charge is -2.05. The summed E-state index contributed by atoms with van der Waals surface area (Å²) in [6.45, 7) is 3.99. The van der Waals surface area contributed by atoms with Gasteiger partial charge in [0, 0.05) is 6.54 Å². The van der Waals surface area contributed by atoms with Crippen LogP contribution in [0.25, 0.3) is 0 Å². The number of benzene rings is 1. The number of carbonyl (C=O) groups excluding carboxylic acids is 1. The predicted molar refractivity (Wildman–Crippen MR) is 82.0 cm³/mol. The van der Waals surface area contributed by atoms with Gasteiger partial charge in [0.2, 0.25) is 0 Å². The van der Waals surface area contributed by atoms with Crippen molar-refractivity contribution in [1.82, 2.24) is 10.6 Å². The van der Waals surface area contributed by atoms with Gasteiger partial charge in [-0.3, -0.25) is 4.79 Å². The Kier molecular flexibility index (Phi) is 7.95. The van der Waals surface area contributed by atoms with Crippen LogP contribution in [0.15, 0.2) is 24.3 Å². The molecule has 1 aromatic carbocycles. The number of aryl methyl sites for hydroxylation is 1. The summed E-state index contributed by atoms with van der Waals surface area (Å²) in [7, 11) is 0. The van der Waals surface area contributed by atoms with Crippen molar-refractivity contribution in [3.05, 3.63) is 29.8 Å². The van der Waals surface area contributed by atoms with Crippen LogP contribution < -0.4 is 15.4 Å². The van der Waals surface area contributed by atoms with Gasteiger partial charge in [-0.2, -0.15) is 0 Å². The van der Waals surface area contributed by atoms with E-state index in [1.807, 2.05) is 31.2 Å². The van der Waals surface area contributed by atoms with Crippen LogP contribution in [-0.4, -0.2) is 43.4 Å². The molecule has 1 aliphatic rings. The number of rotatable bonds is 4. The van der Waals surface area contributed by atoms with Gasteiger partial charge >= 0.3 is 0 Å². The standard InChI is InChI=1S/C12H13NO2.C4H9NO/c1-3-8-13-12(14)9-15-11-6-4-10(2)5-7-11;6-4-1-2-5-3-4/h1,4-7H,8-9H2,2H3,(H,13,14);4-6H,1-3H2. The summed E-state index contributed by atoms with van der Waals surface area (Å²) >= 11 is 0. The summed E-state index contributed by atoms with van der Waals surface area (Å²) in [5.41, 5.74) is 1.15. The third-order valence-electron chi connectivity index (χ3n) is 2.81. The summed E-state index contributed by atoms with van der Waals surface area (Å²) in [5, 5.41) is 14.2. The number of carbonyl (C=O) groups is 1. The molecule has 0 radical (unpaired) electrons. The van der Waals surface area contributed by atoms with Crippen LogP contribution in [0.4, 0.5) is 0 Å². The van der Waals surface area contributed by atoms with Crippen molar-refractivity contribution in [2.45, 2.75) is 19.4 Å². The smallest absolute Gasteiger partial charge is 0.258 e. The molecule has 1 unspecified atom stereocenters. The Bertz CT molecular complexity index is 459. The first kappa shape index (κ1) is 17.0. The van der Waals surface area contributed by atoms with E-state index in [0.29, 0.717) is 5.75 Å². The molecule has 0 bridgehead atoms. The lowest BCUT2D eigenvalue weighted by Crippen LogP contribution is -2.28. The summed E-state index contributed by atoms with van der Waals surface area (Å²) < 4.78 is 5.24. The Hall–Kier alpha value is -2.03. The first-order valence-electron chi connectivity index (χ1n) is 6.90. The van der Waals surface area contributed by atoms with Crippen molar-refractivity contribution >= 4 is 5.91 Å². The zero-order valence-electron chi connectivity index (χ0n) is 12.3. The van der Waals surface area contributed by atoms with Crippen LogP contribution in [-0.2, 0) is 4.79 Å². The maximum Gasteiger partial charge on any atom is 0.258 e. The van der Waals surface area contributed by atoms with Gasteiger partial charge in [-0.05, 0) is 32.0 Å². The molecule has 0 aliphatic carbocycles. The highest BCUT2D eigenvalue weighted by molar-refractivity contribution is 5.77. The van der Waals surface area contributed by atoms with E-state index in [1.54, 1.807) is 0 Å². The number of nitrogens with one attached hydrogen (secondary N) is 2. The zero-order chi connectivity index (χ0) is 15.5. The van der Waals surface area contributed by atoms with Gasteiger partial charge in [-0.15, -0.1) is 6.42 Å². The minimum absolute atomic E-state index is 0.00919. The van der Waals surface area contributed by atoms with E-state index in [9.17, 15) is 4.79 Å². The number of hydrogen-bond donors (Lipinski definition) is 3. The van der Waals surface area contributed by atoms with Gasteiger partial charge in [-0.1, -0.05) is 23.6 Å². The highest BCUT2D eigenvalue weighted by Crippen LogP contribution is 2.10. The minimum Gasteiger partial charge on any atom is -0.484 e. The molecule has 1 aromatic rings. The second kappa shape index (κ2) is 9.81. The first-order chi connectivity index (χ1) is 10.1. The molecule has 0 spiro atoms. The fraction of sp³-hybridized carbons (Fsp3) is 0.438. The number of ether oxygens (including phenoxy) is 1. The second-order valence-electron chi connectivity index (χ2n) is 4.73. The zero-order valence-corrected chi connectivity index (χ0v) is 12.3. The molecule has 1 atom stereocenters. The third-order valence-corrected chi connectivity index (χ3v) is 2.81. The Morgan fingerprint density at radius 1 is 1.52 bits per heavy atom. The summed E-state index contributed by atoms with van der Waals surface area (Å²) in [6, 6.07) is 7.50. The molecule has 0 aromatic heterocycles. The highest BCUT2D eigenvalue weighted by Gasteiger charge is 2.08. The van der Waals surface area contributed by atoms with E-state index in [0.717, 1.165) is 25.1 Å². The van der Waals surface area contributed by atoms with Crippen LogP contribution >= 0.6 is 0 Å². The number of hydrogen-bond acceptors (Lipinski definition) is 4. The molecule has 3 N–H and O–H groups in total. The molecule has 5 heteroatoms. The van der Waals surface area contributed by atoms with Crippen molar-refractivity contribution < 1.29 is 14.6 Å². The molecule has 114 valence electrons. The normalized spacial score (nSPS) is 16.3. The van der Waals surface area contributed by atoms with Crippen LogP contribution in [0.3, 0.4) is 0 Å². The lowest BCUT2D eigenvalue weighted by molar-refractivity contribution is -0.122. The third kappa shape index (κ3) is 7.98. The van der Waals surface area contributed by atoms with Crippen LogP contribution in [0, 0.1) is 19.3 Å². The van der Waals surface area contributed by atoms with E-state index in [4.69, 9.17) is 16.3 Å². The number of aliphatic hydroxyl groups is 1. The fourth-order valence-electron chi connectivity index (χ4n) is 1.62. The lowest BCUT2D eigenvalue weighted by atomic mass is 10.2. The largest absolute Gasteiger partial charge is 0.484 e. The molecule has 1 fully saturated rings. The number of β-amino-alcohol motifs (C(OH)–C–C–N with tert-alkyl or cyclic N) is 1. The maximum atomic E-state index is 11.1. The number of aliphatic hydroxyl groups excluding tert-OH is 1. The van der Waals surface area contributed by atoms with Crippen molar-refractivity contribution in [3.63, 3.8) is 0 Å². The highest BCUT2D eigenvalue weighted by atomic mass is 16.5. The van der Waals surface area contributed by atoms with E-state index in [2.05, 4.69) is 16.6 Å². The Balaban J connectivity index is 0.000000304. The Morgan fingerprint density at radius 3 is 2.71 bits per heavy atom. The molecule has 1 saturated heterocycles. The van der Waals surface area contributed by atoms with Crippen molar-refractivity contribution in [2.24, 2.45) is 0 Å². The van der Waals surface area contributed by atoms with Gasteiger partial charge in [-0.25, -0.2) is 0 Å². The molecule has 5 nitrogen and oxygen atoms in total. The van der Waals surface area contributed by atoms with Gasteiger partial charge in [0.25, 0.3) is 5.91 Å². The predicted octanol–water partition coefficient (Wildman–Crippen LogP) is 0.464. The van der Waals surface area contributed by atoms with Gasteiger partial charge in [0.05, 0.1) is 12.6 Å². The van der Waals surface area contributed by atoms with E-state index >= 15 is 0 Å². The molecular formula is C16H22N2O3. The van der Waals surface area contributed by atoms with E-state index in [1.165, 1.54) is 0 Å². The van der Waals surface area contributed by atoms with Gasteiger partial charge in [0.15, 0.2) is 6.61 Å². The number of terminal acetylenes is 1. The van der Waals surface area contributed by atoms with Crippen molar-refractivity contribution in [2.75, 3.05) is 26.2 Å². The molecule has 1 amide bonds. The molecule has 2 rings (SSSR count). The Labute approximate surface area is 125 Å². The summed E-state index contributed by atoms with van der Waals surface area (Å²) in [5.74, 6) is 2.78. The SMILES string of the molecule is C#CCNC(=O)COc1ccc(C)cc1.OC1CCNC1. The Morgan fingerprint density at radius 2 is 2.24 bits per heavy atom. The van der Waals surface area contributed by atoms with Gasteiger partial charge < -0.3 is 20.5 Å². The quantitative estimate of drug-likeness (QED) is 0.705. The monoisotopic (exact) mass is 290 g/mol. The topological polar surface area (TPSA) is 70.6 Å². The fourth-order valence-corrected chi connectivity index (χ4v) is 1.62. The van der Waals surface area contributed by atoms with E-state index < -0.39 is 0 Å². The van der Waals surface area contributed by atoms with E-state index in [-0.39, 0.29) is 25.2 Å². The summed E-state index contributed by atoms with van der Waals surface area (Å²) in [4.78, 5) is 11.1. The van der Waals surface area contributed by atoms with Crippen LogP contribution in [0.5, 0.6) is 5.75 Å². The first-order valence-corrected chi connectivity index (χ1v) is 6.90. The molecule has 0 saturated carbocycles. The van der Waals surface area contributed by atoms with Crippen molar-refractivity contribution in [1.29, 1.82) is 0 Å². The number of amides is 1. The minimum atomic E-state index is -0.214. The molecule has 1 aliphatic heterocycles. The van der Waals surface area contributed by atoms with Gasteiger partial charge in [0.1, 0.15) is 5.75 Å². The molecular weight excluding hydrogens is 268 g/mol. The average Bonchev–Trinajstić information content (AvgIpc) is 2.96. The molecule has 21 heavy (non-hydrogen) atoms. The molecule has 1 heterocycles. The average molecular weight is 290 g/mol. The maximum absolute atomic E-state index is 11.1. The van der Waals surface area contributed by atoms with Crippen LogP contribution in [0.1, 0.15) is 12.0 Å².